The maximum atomic E-state index is 12.3. The van der Waals surface area contributed by atoms with E-state index in [-0.39, 0.29) is 5.56 Å². The molecule has 0 unspecified atom stereocenters. The second-order valence-corrected chi connectivity index (χ2v) is 7.70. The molecule has 0 amide bonds. The second-order valence-electron chi connectivity index (χ2n) is 6.73. The van der Waals surface area contributed by atoms with E-state index in [2.05, 4.69) is 21.2 Å². The fraction of sp³-hybridized carbons (Fsp3) is 0.444. The van der Waals surface area contributed by atoms with E-state index in [4.69, 9.17) is 4.74 Å². The molecule has 0 aliphatic heterocycles. The maximum Gasteiger partial charge on any atom is 0.269 e. The Hall–Kier alpha value is -2.48. The van der Waals surface area contributed by atoms with Crippen LogP contribution in [0.1, 0.15) is 28.5 Å². The number of thiazole rings is 1. The number of ether oxygens (including phenoxy) is 1. The molecule has 1 aliphatic rings. The van der Waals surface area contributed by atoms with Gasteiger partial charge in [0.1, 0.15) is 0 Å². The Kier molecular flexibility index (Phi) is 4.58. The van der Waals surface area contributed by atoms with E-state index >= 15 is 0 Å². The average Bonchev–Trinajstić information content (AvgIpc) is 3.00. The normalized spacial score (nSPS) is 18.8. The van der Waals surface area contributed by atoms with E-state index < -0.39 is 0 Å². The van der Waals surface area contributed by atoms with Gasteiger partial charge in [-0.3, -0.25) is 14.5 Å². The van der Waals surface area contributed by atoms with Crippen molar-refractivity contribution in [3.05, 3.63) is 56.5 Å². The van der Waals surface area contributed by atoms with Crippen LogP contribution >= 0.6 is 11.3 Å². The summed E-state index contributed by atoms with van der Waals surface area (Å²) in [5.41, 5.74) is 3.59. The van der Waals surface area contributed by atoms with Gasteiger partial charge in [-0.15, -0.1) is 16.4 Å². The Balaban J connectivity index is 1.38. The number of hydrogen-bond acceptors (Lipinski definition) is 6. The Morgan fingerprint density at radius 3 is 2.92 bits per heavy atom. The molecule has 3 aromatic heterocycles. The van der Waals surface area contributed by atoms with Gasteiger partial charge in [0, 0.05) is 54.8 Å². The molecule has 0 N–H and O–H groups in total. The summed E-state index contributed by atoms with van der Waals surface area (Å²) in [6.45, 7) is 0.598. The highest BCUT2D eigenvalue weighted by molar-refractivity contribution is 7.09. The molecular weight excluding hydrogens is 350 g/mol. The summed E-state index contributed by atoms with van der Waals surface area (Å²) in [5, 5.41) is 8.69. The predicted molar refractivity (Wildman–Crippen MR) is 98.6 cm³/mol. The van der Waals surface area contributed by atoms with Crippen LogP contribution in [0.3, 0.4) is 0 Å². The highest BCUT2D eigenvalue weighted by atomic mass is 32.1. The minimum Gasteiger partial charge on any atom is -0.476 e. The summed E-state index contributed by atoms with van der Waals surface area (Å²) in [6, 6.07) is 3.84. The maximum absolute atomic E-state index is 12.3. The van der Waals surface area contributed by atoms with Crippen LogP contribution in [0.15, 0.2) is 34.8 Å². The molecule has 3 aromatic rings. The molecular formula is C18H21N5O2S. The van der Waals surface area contributed by atoms with Crippen LogP contribution in [0.25, 0.3) is 0 Å². The lowest BCUT2D eigenvalue weighted by molar-refractivity contribution is 0.277. The molecule has 8 heteroatoms. The minimum absolute atomic E-state index is 0.0698. The smallest absolute Gasteiger partial charge is 0.269 e. The molecule has 1 saturated carbocycles. The van der Waals surface area contributed by atoms with Crippen molar-refractivity contribution >= 4 is 11.3 Å². The van der Waals surface area contributed by atoms with E-state index in [0.717, 1.165) is 24.1 Å². The van der Waals surface area contributed by atoms with Crippen molar-refractivity contribution in [3.63, 3.8) is 0 Å². The molecule has 3 heterocycles. The second kappa shape index (κ2) is 7.03. The highest BCUT2D eigenvalue weighted by Crippen LogP contribution is 2.46. The van der Waals surface area contributed by atoms with Crippen LogP contribution in [0.2, 0.25) is 0 Å². The number of rotatable bonds is 7. The van der Waals surface area contributed by atoms with Gasteiger partial charge in [-0.2, -0.15) is 5.10 Å². The van der Waals surface area contributed by atoms with Crippen LogP contribution < -0.4 is 10.3 Å². The van der Waals surface area contributed by atoms with Crippen molar-refractivity contribution in [1.82, 2.24) is 24.5 Å². The molecule has 136 valence electrons. The fourth-order valence-electron chi connectivity index (χ4n) is 3.13. The predicted octanol–water partition coefficient (Wildman–Crippen LogP) is 1.94. The zero-order chi connectivity index (χ0) is 18.1. The number of aryl methyl sites for hydroxylation is 4. The van der Waals surface area contributed by atoms with E-state index in [1.54, 1.807) is 24.5 Å². The van der Waals surface area contributed by atoms with E-state index in [9.17, 15) is 4.79 Å². The Morgan fingerprint density at radius 2 is 2.19 bits per heavy atom. The lowest BCUT2D eigenvalue weighted by Gasteiger charge is -2.08. The number of hydrogen-bond donors (Lipinski definition) is 0. The third-order valence-electron chi connectivity index (χ3n) is 4.72. The summed E-state index contributed by atoms with van der Waals surface area (Å²) >= 11 is 1.60. The van der Waals surface area contributed by atoms with Gasteiger partial charge in [0.2, 0.25) is 5.88 Å². The zero-order valence-corrected chi connectivity index (χ0v) is 15.6. The van der Waals surface area contributed by atoms with Crippen molar-refractivity contribution in [2.45, 2.75) is 25.2 Å². The van der Waals surface area contributed by atoms with E-state index in [0.29, 0.717) is 30.7 Å². The van der Waals surface area contributed by atoms with Crippen LogP contribution in [0.5, 0.6) is 5.88 Å². The molecule has 0 bridgehead atoms. The Bertz CT molecular complexity index is 947. The number of aromatic nitrogens is 5. The first-order valence-corrected chi connectivity index (χ1v) is 9.55. The monoisotopic (exact) mass is 371 g/mol. The molecule has 0 saturated heterocycles. The molecule has 0 radical (unpaired) electrons. The first-order chi connectivity index (χ1) is 12.6. The van der Waals surface area contributed by atoms with Crippen molar-refractivity contribution in [3.8, 4) is 5.88 Å². The zero-order valence-electron chi connectivity index (χ0n) is 14.8. The van der Waals surface area contributed by atoms with Gasteiger partial charge < -0.3 is 4.74 Å². The van der Waals surface area contributed by atoms with Gasteiger partial charge in [-0.05, 0) is 25.3 Å². The van der Waals surface area contributed by atoms with Crippen molar-refractivity contribution in [2.75, 3.05) is 6.61 Å². The van der Waals surface area contributed by atoms with Gasteiger partial charge in [0.25, 0.3) is 5.56 Å². The molecule has 26 heavy (non-hydrogen) atoms. The van der Waals surface area contributed by atoms with Crippen LogP contribution in [-0.2, 0) is 26.9 Å². The van der Waals surface area contributed by atoms with Gasteiger partial charge in [-0.25, -0.2) is 4.68 Å². The molecule has 2 atom stereocenters. The van der Waals surface area contributed by atoms with Crippen LogP contribution in [0.4, 0.5) is 0 Å². The molecule has 7 nitrogen and oxygen atoms in total. The van der Waals surface area contributed by atoms with Crippen LogP contribution in [-0.4, -0.2) is 31.2 Å². The molecule has 4 rings (SSSR count). The van der Waals surface area contributed by atoms with Crippen molar-refractivity contribution in [2.24, 2.45) is 20.0 Å². The number of nitrogens with zero attached hydrogens (tertiary/aromatic N) is 5. The summed E-state index contributed by atoms with van der Waals surface area (Å²) in [6.07, 6.45) is 6.36. The first-order valence-electron chi connectivity index (χ1n) is 8.67. The van der Waals surface area contributed by atoms with Gasteiger partial charge in [0.05, 0.1) is 17.8 Å². The average molecular weight is 371 g/mol. The van der Waals surface area contributed by atoms with Crippen molar-refractivity contribution in [1.29, 1.82) is 0 Å². The van der Waals surface area contributed by atoms with Gasteiger partial charge in [0.15, 0.2) is 0 Å². The van der Waals surface area contributed by atoms with Crippen LogP contribution in [0, 0.1) is 5.92 Å². The van der Waals surface area contributed by atoms with Crippen molar-refractivity contribution < 1.29 is 4.74 Å². The summed E-state index contributed by atoms with van der Waals surface area (Å²) in [4.78, 5) is 17.5. The Morgan fingerprint density at radius 1 is 1.31 bits per heavy atom. The third-order valence-corrected chi connectivity index (χ3v) is 5.56. The summed E-state index contributed by atoms with van der Waals surface area (Å²) in [7, 11) is 3.60. The molecule has 1 fully saturated rings. The Labute approximate surface area is 155 Å². The summed E-state index contributed by atoms with van der Waals surface area (Å²) in [5.74, 6) is 1.44. The SMILES string of the molecule is Cn1ccc([C@H]2C[C@@H]2COc2cc(CCc3cncs3)c(=O)n(C)n2)n1. The molecule has 1 aliphatic carbocycles. The molecule has 0 aromatic carbocycles. The third kappa shape index (κ3) is 3.70. The standard InChI is InChI=1S/C18H21N5O2S/c1-22-6-5-16(20-22)15-7-13(15)10-25-17-8-12(18(24)23(2)21-17)3-4-14-9-19-11-26-14/h5-6,8-9,11,13,15H,3-4,7,10H2,1-2H3/t13-,15+/m1/s1. The van der Waals surface area contributed by atoms with Gasteiger partial charge >= 0.3 is 0 Å². The lowest BCUT2D eigenvalue weighted by atomic mass is 10.1. The lowest BCUT2D eigenvalue weighted by Crippen LogP contribution is -2.24. The van der Waals surface area contributed by atoms with E-state index in [1.807, 2.05) is 29.6 Å². The largest absolute Gasteiger partial charge is 0.476 e. The quantitative estimate of drug-likeness (QED) is 0.634. The first kappa shape index (κ1) is 17.0. The highest BCUT2D eigenvalue weighted by Gasteiger charge is 2.40. The summed E-state index contributed by atoms with van der Waals surface area (Å²) < 4.78 is 9.08. The van der Waals surface area contributed by atoms with E-state index in [1.165, 1.54) is 9.56 Å². The fourth-order valence-corrected chi connectivity index (χ4v) is 3.73. The molecule has 0 spiro atoms. The van der Waals surface area contributed by atoms with Gasteiger partial charge in [-0.1, -0.05) is 0 Å². The topological polar surface area (TPSA) is 74.8 Å². The minimum atomic E-state index is -0.0698.